The summed E-state index contributed by atoms with van der Waals surface area (Å²) >= 11 is 0. The smallest absolute Gasteiger partial charge is 0.123 e. The van der Waals surface area contributed by atoms with Gasteiger partial charge in [-0.2, -0.15) is 0 Å². The van der Waals surface area contributed by atoms with Crippen LogP contribution in [0.4, 0.5) is 0 Å². The van der Waals surface area contributed by atoms with Gasteiger partial charge in [0.15, 0.2) is 0 Å². The highest BCUT2D eigenvalue weighted by Crippen LogP contribution is 2.25. The van der Waals surface area contributed by atoms with Crippen LogP contribution in [0.5, 0.6) is 5.75 Å². The summed E-state index contributed by atoms with van der Waals surface area (Å²) in [6, 6.07) is 16.3. The van der Waals surface area contributed by atoms with Gasteiger partial charge in [0, 0.05) is 32.7 Å². The van der Waals surface area contributed by atoms with Gasteiger partial charge < -0.3 is 15.2 Å². The number of ether oxygens (including phenoxy) is 1. The summed E-state index contributed by atoms with van der Waals surface area (Å²) in [5.74, 6) is 0.907. The number of aliphatic hydroxyl groups excluding tert-OH is 1. The minimum Gasteiger partial charge on any atom is -0.489 e. The van der Waals surface area contributed by atoms with Crippen molar-refractivity contribution >= 4 is 0 Å². The third kappa shape index (κ3) is 5.05. The summed E-state index contributed by atoms with van der Waals surface area (Å²) < 4.78 is 6.00. The molecule has 1 aliphatic rings. The molecule has 1 unspecified atom stereocenters. The van der Waals surface area contributed by atoms with E-state index in [4.69, 9.17) is 4.74 Å². The normalized spacial score (nSPS) is 16.6. The van der Waals surface area contributed by atoms with Gasteiger partial charge in [0.25, 0.3) is 0 Å². The van der Waals surface area contributed by atoms with E-state index in [-0.39, 0.29) is 0 Å². The topological polar surface area (TPSA) is 44.7 Å². The predicted octanol–water partition coefficient (Wildman–Crippen LogP) is 2.77. The summed E-state index contributed by atoms with van der Waals surface area (Å²) in [5, 5.41) is 13.9. The van der Waals surface area contributed by atoms with E-state index in [0.29, 0.717) is 13.2 Å². The van der Waals surface area contributed by atoms with E-state index in [0.717, 1.165) is 55.0 Å². The molecule has 4 nitrogen and oxygen atoms in total. The van der Waals surface area contributed by atoms with Gasteiger partial charge >= 0.3 is 0 Å². The zero-order valence-electron chi connectivity index (χ0n) is 14.9. The van der Waals surface area contributed by atoms with Crippen LogP contribution in [0, 0.1) is 0 Å². The maximum Gasteiger partial charge on any atom is 0.123 e. The fraction of sp³-hybridized carbons (Fsp3) is 0.429. The molecule has 1 aliphatic heterocycles. The Kier molecular flexibility index (Phi) is 6.45. The van der Waals surface area contributed by atoms with Crippen molar-refractivity contribution in [3.05, 3.63) is 65.2 Å². The Morgan fingerprint density at radius 1 is 1.12 bits per heavy atom. The number of aliphatic hydroxyl groups is 1. The molecule has 0 radical (unpaired) electrons. The summed E-state index contributed by atoms with van der Waals surface area (Å²) in [6.07, 6.45) is 0.435. The van der Waals surface area contributed by atoms with E-state index in [1.54, 1.807) is 0 Å². The molecule has 0 saturated carbocycles. The van der Waals surface area contributed by atoms with Crippen LogP contribution in [0.15, 0.2) is 48.5 Å². The first kappa shape index (κ1) is 17.9. The lowest BCUT2D eigenvalue weighted by Gasteiger charge is -2.29. The predicted molar refractivity (Wildman–Crippen MR) is 101 cm³/mol. The molecule has 0 spiro atoms. The van der Waals surface area contributed by atoms with Crippen molar-refractivity contribution in [2.75, 3.05) is 32.7 Å². The third-order valence-electron chi connectivity index (χ3n) is 4.73. The quantitative estimate of drug-likeness (QED) is 0.813. The minimum atomic E-state index is -0.452. The van der Waals surface area contributed by atoms with Gasteiger partial charge in [0.05, 0.1) is 6.10 Å². The van der Waals surface area contributed by atoms with Gasteiger partial charge in [-0.3, -0.25) is 4.90 Å². The van der Waals surface area contributed by atoms with Gasteiger partial charge in [-0.25, -0.2) is 0 Å². The SMILES string of the molecule is CCc1cc(C(O)CN2CCNCC2)ccc1OCc1ccccc1. The van der Waals surface area contributed by atoms with Gasteiger partial charge in [-0.15, -0.1) is 0 Å². The number of benzene rings is 2. The van der Waals surface area contributed by atoms with E-state index < -0.39 is 6.10 Å². The fourth-order valence-corrected chi connectivity index (χ4v) is 3.20. The Morgan fingerprint density at radius 2 is 1.88 bits per heavy atom. The molecule has 134 valence electrons. The molecular formula is C21H28N2O2. The molecule has 1 fully saturated rings. The zero-order chi connectivity index (χ0) is 17.5. The molecule has 4 heteroatoms. The lowest BCUT2D eigenvalue weighted by Crippen LogP contribution is -2.44. The van der Waals surface area contributed by atoms with Crippen LogP contribution in [0.25, 0.3) is 0 Å². The van der Waals surface area contributed by atoms with Crippen LogP contribution < -0.4 is 10.1 Å². The summed E-state index contributed by atoms with van der Waals surface area (Å²) in [6.45, 7) is 7.37. The molecule has 0 bridgehead atoms. The highest BCUT2D eigenvalue weighted by molar-refractivity contribution is 5.38. The van der Waals surface area contributed by atoms with Gasteiger partial charge in [-0.1, -0.05) is 43.3 Å². The van der Waals surface area contributed by atoms with Crippen molar-refractivity contribution in [3.8, 4) is 5.75 Å². The maximum absolute atomic E-state index is 10.6. The Labute approximate surface area is 150 Å². The van der Waals surface area contributed by atoms with Crippen LogP contribution in [-0.4, -0.2) is 42.7 Å². The molecule has 25 heavy (non-hydrogen) atoms. The van der Waals surface area contributed by atoms with Crippen LogP contribution in [0.1, 0.15) is 29.7 Å². The molecule has 2 aromatic rings. The average molecular weight is 340 g/mol. The van der Waals surface area contributed by atoms with Crippen molar-refractivity contribution < 1.29 is 9.84 Å². The largest absolute Gasteiger partial charge is 0.489 e. The van der Waals surface area contributed by atoms with Gasteiger partial charge in [-0.05, 0) is 35.2 Å². The van der Waals surface area contributed by atoms with Gasteiger partial charge in [0.1, 0.15) is 12.4 Å². The lowest BCUT2D eigenvalue weighted by atomic mass is 10.0. The minimum absolute atomic E-state index is 0.452. The number of rotatable bonds is 7. The first-order chi connectivity index (χ1) is 12.3. The monoisotopic (exact) mass is 340 g/mol. The summed E-state index contributed by atoms with van der Waals surface area (Å²) in [5.41, 5.74) is 3.28. The van der Waals surface area contributed by atoms with Crippen molar-refractivity contribution in [2.45, 2.75) is 26.1 Å². The Hall–Kier alpha value is -1.88. The number of aryl methyl sites for hydroxylation is 1. The van der Waals surface area contributed by atoms with Gasteiger partial charge in [0.2, 0.25) is 0 Å². The van der Waals surface area contributed by atoms with Crippen LogP contribution in [-0.2, 0) is 13.0 Å². The molecule has 0 aromatic heterocycles. The highest BCUT2D eigenvalue weighted by atomic mass is 16.5. The summed E-state index contributed by atoms with van der Waals surface area (Å²) in [4.78, 5) is 2.31. The average Bonchev–Trinajstić information content (AvgIpc) is 2.67. The number of piperazine rings is 1. The van der Waals surface area contributed by atoms with Crippen molar-refractivity contribution in [3.63, 3.8) is 0 Å². The number of nitrogens with one attached hydrogen (secondary N) is 1. The molecule has 2 aromatic carbocycles. The molecular weight excluding hydrogens is 312 g/mol. The van der Waals surface area contributed by atoms with E-state index in [9.17, 15) is 5.11 Å². The van der Waals surface area contributed by atoms with Crippen molar-refractivity contribution in [1.29, 1.82) is 0 Å². The summed E-state index contributed by atoms with van der Waals surface area (Å²) in [7, 11) is 0. The second kappa shape index (κ2) is 8.99. The van der Waals surface area contributed by atoms with Crippen LogP contribution in [0.2, 0.25) is 0 Å². The van der Waals surface area contributed by atoms with Crippen LogP contribution in [0.3, 0.4) is 0 Å². The number of hydrogen-bond donors (Lipinski definition) is 2. The van der Waals surface area contributed by atoms with E-state index in [1.807, 2.05) is 30.3 Å². The molecule has 1 heterocycles. The number of β-amino-alcohol motifs (C(OH)–C–C–N with tert-alkyl or cyclic N) is 1. The Balaban J connectivity index is 1.64. The second-order valence-electron chi connectivity index (χ2n) is 6.56. The lowest BCUT2D eigenvalue weighted by molar-refractivity contribution is 0.105. The molecule has 2 N–H and O–H groups in total. The number of hydrogen-bond acceptors (Lipinski definition) is 4. The third-order valence-corrected chi connectivity index (χ3v) is 4.73. The molecule has 0 aliphatic carbocycles. The highest BCUT2D eigenvalue weighted by Gasteiger charge is 2.17. The molecule has 3 rings (SSSR count). The first-order valence-electron chi connectivity index (χ1n) is 9.17. The zero-order valence-corrected chi connectivity index (χ0v) is 14.9. The van der Waals surface area contributed by atoms with Crippen molar-refractivity contribution in [1.82, 2.24) is 10.2 Å². The standard InChI is InChI=1S/C21H28N2O2/c1-2-18-14-19(20(24)15-23-12-10-22-11-13-23)8-9-21(18)25-16-17-6-4-3-5-7-17/h3-9,14,20,22,24H,2,10-13,15-16H2,1H3. The second-order valence-corrected chi connectivity index (χ2v) is 6.56. The Bertz CT molecular complexity index is 654. The maximum atomic E-state index is 10.6. The van der Waals surface area contributed by atoms with E-state index in [1.165, 1.54) is 0 Å². The number of nitrogens with zero attached hydrogens (tertiary/aromatic N) is 1. The first-order valence-corrected chi connectivity index (χ1v) is 9.17. The molecule has 1 saturated heterocycles. The van der Waals surface area contributed by atoms with E-state index >= 15 is 0 Å². The Morgan fingerprint density at radius 3 is 2.60 bits per heavy atom. The fourth-order valence-electron chi connectivity index (χ4n) is 3.20. The van der Waals surface area contributed by atoms with E-state index in [2.05, 4.69) is 35.3 Å². The molecule has 1 atom stereocenters. The van der Waals surface area contributed by atoms with Crippen LogP contribution >= 0.6 is 0 Å². The molecule has 0 amide bonds. The van der Waals surface area contributed by atoms with Crippen molar-refractivity contribution in [2.24, 2.45) is 0 Å².